The Bertz CT molecular complexity index is 404. The van der Waals surface area contributed by atoms with E-state index >= 15 is 0 Å². The lowest BCUT2D eigenvalue weighted by Crippen LogP contribution is -2.26. The van der Waals surface area contributed by atoms with E-state index in [0.29, 0.717) is 13.0 Å². The van der Waals surface area contributed by atoms with Crippen LogP contribution in [0.15, 0.2) is 24.4 Å². The van der Waals surface area contributed by atoms with E-state index in [9.17, 15) is 8.42 Å². The molecule has 0 aliphatic heterocycles. The smallest absolute Gasteiger partial charge is 0.151 e. The summed E-state index contributed by atoms with van der Waals surface area (Å²) in [6.45, 7) is 3.17. The molecule has 0 aromatic carbocycles. The van der Waals surface area contributed by atoms with Crippen LogP contribution in [0.25, 0.3) is 0 Å². The van der Waals surface area contributed by atoms with Crippen LogP contribution in [0, 0.1) is 0 Å². The Morgan fingerprint density at radius 3 is 2.71 bits per heavy atom. The summed E-state index contributed by atoms with van der Waals surface area (Å²) < 4.78 is 22.8. The van der Waals surface area contributed by atoms with Gasteiger partial charge >= 0.3 is 0 Å². The van der Waals surface area contributed by atoms with Gasteiger partial charge in [-0.05, 0) is 18.6 Å². The predicted octanol–water partition coefficient (Wildman–Crippen LogP) is 1.04. The molecule has 1 aromatic rings. The number of sulfone groups is 1. The van der Waals surface area contributed by atoms with Crippen LogP contribution >= 0.6 is 0 Å². The van der Waals surface area contributed by atoms with Crippen LogP contribution in [-0.4, -0.2) is 38.0 Å². The van der Waals surface area contributed by atoms with Crippen molar-refractivity contribution in [1.82, 2.24) is 10.3 Å². The summed E-state index contributed by atoms with van der Waals surface area (Å²) in [7, 11) is -2.85. The van der Waals surface area contributed by atoms with Gasteiger partial charge in [0, 0.05) is 37.2 Å². The van der Waals surface area contributed by atoms with Gasteiger partial charge in [0.2, 0.25) is 0 Å². The van der Waals surface area contributed by atoms with E-state index in [0.717, 1.165) is 18.7 Å². The molecule has 0 fully saturated rings. The summed E-state index contributed by atoms with van der Waals surface area (Å²) in [6.07, 6.45) is 3.28. The van der Waals surface area contributed by atoms with Gasteiger partial charge in [-0.3, -0.25) is 4.98 Å². The second kappa shape index (κ2) is 7.40. The van der Waals surface area contributed by atoms with Gasteiger partial charge in [0.05, 0.1) is 5.75 Å². The molecule has 1 aromatic heterocycles. The monoisotopic (exact) mass is 256 g/mol. The molecule has 0 radical (unpaired) electrons. The van der Waals surface area contributed by atoms with Crippen LogP contribution in [0.4, 0.5) is 0 Å². The third-order valence-electron chi connectivity index (χ3n) is 2.39. The maximum atomic E-state index is 11.4. The highest BCUT2D eigenvalue weighted by Gasteiger charge is 2.07. The van der Waals surface area contributed by atoms with E-state index in [2.05, 4.69) is 10.3 Å². The Morgan fingerprint density at radius 2 is 2.06 bits per heavy atom. The first kappa shape index (κ1) is 14.1. The third kappa shape index (κ3) is 6.38. The van der Waals surface area contributed by atoms with E-state index in [-0.39, 0.29) is 11.5 Å². The molecule has 1 N–H and O–H groups in total. The van der Waals surface area contributed by atoms with Gasteiger partial charge < -0.3 is 5.32 Å². The predicted molar refractivity (Wildman–Crippen MR) is 69.8 cm³/mol. The van der Waals surface area contributed by atoms with E-state index in [1.165, 1.54) is 0 Å². The van der Waals surface area contributed by atoms with E-state index in [1.807, 2.05) is 25.1 Å². The lowest BCUT2D eigenvalue weighted by atomic mass is 10.3. The van der Waals surface area contributed by atoms with Crippen LogP contribution < -0.4 is 5.32 Å². The summed E-state index contributed by atoms with van der Waals surface area (Å²) in [5, 5.41) is 3.13. The van der Waals surface area contributed by atoms with E-state index in [4.69, 9.17) is 0 Å². The summed E-state index contributed by atoms with van der Waals surface area (Å²) >= 11 is 0. The Balaban J connectivity index is 2.13. The highest BCUT2D eigenvalue weighted by atomic mass is 32.2. The van der Waals surface area contributed by atoms with Crippen LogP contribution in [-0.2, 0) is 16.3 Å². The molecule has 4 nitrogen and oxygen atoms in total. The zero-order valence-corrected chi connectivity index (χ0v) is 11.0. The van der Waals surface area contributed by atoms with Crippen molar-refractivity contribution in [1.29, 1.82) is 0 Å². The van der Waals surface area contributed by atoms with Crippen LogP contribution in [0.3, 0.4) is 0 Å². The van der Waals surface area contributed by atoms with Crippen molar-refractivity contribution in [3.63, 3.8) is 0 Å². The maximum absolute atomic E-state index is 11.4. The van der Waals surface area contributed by atoms with Gasteiger partial charge in [-0.1, -0.05) is 13.0 Å². The number of hydrogen-bond acceptors (Lipinski definition) is 4. The van der Waals surface area contributed by atoms with Crippen molar-refractivity contribution in [3.8, 4) is 0 Å². The maximum Gasteiger partial charge on any atom is 0.151 e. The van der Waals surface area contributed by atoms with Gasteiger partial charge in [0.1, 0.15) is 0 Å². The molecular formula is C12H20N2O2S. The molecule has 0 saturated heterocycles. The minimum atomic E-state index is -2.85. The normalized spacial score (nSPS) is 11.6. The van der Waals surface area contributed by atoms with Crippen LogP contribution in [0.1, 0.15) is 19.0 Å². The topological polar surface area (TPSA) is 59.1 Å². The lowest BCUT2D eigenvalue weighted by Gasteiger charge is -2.05. The molecule has 0 atom stereocenters. The summed E-state index contributed by atoms with van der Waals surface area (Å²) in [5.41, 5.74) is 1.02. The van der Waals surface area contributed by atoms with Gasteiger partial charge in [-0.15, -0.1) is 0 Å². The Labute approximate surface area is 103 Å². The first-order valence-corrected chi connectivity index (χ1v) is 7.77. The zero-order chi connectivity index (χ0) is 12.6. The van der Waals surface area contributed by atoms with Gasteiger partial charge in [-0.2, -0.15) is 0 Å². The van der Waals surface area contributed by atoms with Gasteiger partial charge in [-0.25, -0.2) is 8.42 Å². The van der Waals surface area contributed by atoms with E-state index in [1.54, 1.807) is 6.20 Å². The van der Waals surface area contributed by atoms with Crippen molar-refractivity contribution in [2.75, 3.05) is 24.6 Å². The Kier molecular flexibility index (Phi) is 6.15. The number of nitrogens with zero attached hydrogens (tertiary/aromatic N) is 1. The van der Waals surface area contributed by atoms with Crippen molar-refractivity contribution in [2.24, 2.45) is 0 Å². The molecule has 5 heteroatoms. The van der Waals surface area contributed by atoms with Gasteiger partial charge in [0.25, 0.3) is 0 Å². The van der Waals surface area contributed by atoms with Crippen LogP contribution in [0.5, 0.6) is 0 Å². The first-order chi connectivity index (χ1) is 8.14. The highest BCUT2D eigenvalue weighted by Crippen LogP contribution is 1.94. The Hall–Kier alpha value is -0.940. The summed E-state index contributed by atoms with van der Waals surface area (Å²) in [5.74, 6) is 0.512. The quantitative estimate of drug-likeness (QED) is 0.706. The number of nitrogens with one attached hydrogen (secondary N) is 1. The molecule has 0 unspecified atom stereocenters. The fourth-order valence-electron chi connectivity index (χ4n) is 1.53. The Morgan fingerprint density at radius 1 is 1.24 bits per heavy atom. The molecule has 0 saturated carbocycles. The SMILES string of the molecule is CCCS(=O)(=O)CCNCCc1ccccn1. The highest BCUT2D eigenvalue weighted by molar-refractivity contribution is 7.91. The molecule has 1 rings (SSSR count). The fraction of sp³-hybridized carbons (Fsp3) is 0.583. The molecule has 1 heterocycles. The average Bonchev–Trinajstić information content (AvgIpc) is 2.30. The van der Waals surface area contributed by atoms with Crippen molar-refractivity contribution in [3.05, 3.63) is 30.1 Å². The second-order valence-electron chi connectivity index (χ2n) is 3.97. The standard InChI is InChI=1S/C12H20N2O2S/c1-2-10-17(15,16)11-9-13-8-6-12-5-3-4-7-14-12/h3-5,7,13H,2,6,8-11H2,1H3. The van der Waals surface area contributed by atoms with Crippen LogP contribution in [0.2, 0.25) is 0 Å². The molecule has 96 valence electrons. The average molecular weight is 256 g/mol. The summed E-state index contributed by atoms with van der Waals surface area (Å²) in [6, 6.07) is 5.80. The molecule has 0 aliphatic rings. The van der Waals surface area contributed by atoms with Crippen molar-refractivity contribution >= 4 is 9.84 Å². The van der Waals surface area contributed by atoms with Crippen molar-refractivity contribution in [2.45, 2.75) is 19.8 Å². The molecule has 17 heavy (non-hydrogen) atoms. The summed E-state index contributed by atoms with van der Waals surface area (Å²) in [4.78, 5) is 4.20. The molecule has 0 spiro atoms. The molecule has 0 aliphatic carbocycles. The molecular weight excluding hydrogens is 236 g/mol. The minimum Gasteiger partial charge on any atom is -0.315 e. The first-order valence-electron chi connectivity index (χ1n) is 5.95. The fourth-order valence-corrected chi connectivity index (χ4v) is 2.81. The molecule has 0 amide bonds. The lowest BCUT2D eigenvalue weighted by molar-refractivity contribution is 0.589. The number of pyridine rings is 1. The minimum absolute atomic E-state index is 0.225. The number of aromatic nitrogens is 1. The largest absolute Gasteiger partial charge is 0.315 e. The molecule has 0 bridgehead atoms. The van der Waals surface area contributed by atoms with Gasteiger partial charge in [0.15, 0.2) is 9.84 Å². The zero-order valence-electron chi connectivity index (χ0n) is 10.2. The second-order valence-corrected chi connectivity index (χ2v) is 6.28. The third-order valence-corrected chi connectivity index (χ3v) is 4.25. The van der Waals surface area contributed by atoms with E-state index < -0.39 is 9.84 Å². The number of rotatable bonds is 8. The number of hydrogen-bond donors (Lipinski definition) is 1. The van der Waals surface area contributed by atoms with Crippen molar-refractivity contribution < 1.29 is 8.42 Å².